The zero-order valence-electron chi connectivity index (χ0n) is 18.3. The van der Waals surface area contributed by atoms with Crippen LogP contribution in [0.15, 0.2) is 52.1 Å². The first-order chi connectivity index (χ1) is 15.4. The van der Waals surface area contributed by atoms with Gasteiger partial charge in [-0.15, -0.1) is 5.10 Å². The summed E-state index contributed by atoms with van der Waals surface area (Å²) in [6.45, 7) is 6.84. The van der Waals surface area contributed by atoms with E-state index in [1.807, 2.05) is 68.1 Å². The summed E-state index contributed by atoms with van der Waals surface area (Å²) in [5.74, 6) is 0.645. The lowest BCUT2D eigenvalue weighted by Gasteiger charge is -2.18. The number of aryl methyl sites for hydroxylation is 2. The molecule has 2 aromatic carbocycles. The number of aromatic nitrogens is 3. The highest BCUT2D eigenvalue weighted by Crippen LogP contribution is 2.28. The number of rotatable bonds is 6. The third-order valence-corrected chi connectivity index (χ3v) is 5.16. The predicted molar refractivity (Wildman–Crippen MR) is 122 cm³/mol. The van der Waals surface area contributed by atoms with Crippen LogP contribution in [0.4, 0.5) is 17.3 Å². The summed E-state index contributed by atoms with van der Waals surface area (Å²) in [5.41, 5.74) is 1.96. The van der Waals surface area contributed by atoms with Crippen molar-refractivity contribution in [3.63, 3.8) is 0 Å². The van der Waals surface area contributed by atoms with Gasteiger partial charge in [0, 0.05) is 24.5 Å². The van der Waals surface area contributed by atoms with Crippen molar-refractivity contribution in [3.8, 4) is 5.75 Å². The number of hydrogen-bond donors (Lipinski definition) is 1. The van der Waals surface area contributed by atoms with Crippen LogP contribution in [0.5, 0.6) is 5.75 Å². The first-order valence-electron chi connectivity index (χ1n) is 10.5. The summed E-state index contributed by atoms with van der Waals surface area (Å²) in [6, 6.07) is 13.1. The van der Waals surface area contributed by atoms with Crippen molar-refractivity contribution in [1.29, 1.82) is 0 Å². The van der Waals surface area contributed by atoms with Crippen molar-refractivity contribution in [2.75, 3.05) is 23.4 Å². The van der Waals surface area contributed by atoms with Gasteiger partial charge in [0.25, 0.3) is 0 Å². The van der Waals surface area contributed by atoms with Gasteiger partial charge in [-0.1, -0.05) is 6.07 Å². The molecule has 32 heavy (non-hydrogen) atoms. The van der Waals surface area contributed by atoms with E-state index in [2.05, 4.69) is 10.4 Å². The fourth-order valence-electron chi connectivity index (χ4n) is 3.85. The number of anilines is 3. The Morgan fingerprint density at radius 3 is 2.38 bits per heavy atom. The molecule has 9 heteroatoms. The van der Waals surface area contributed by atoms with Gasteiger partial charge in [-0.05, 0) is 68.3 Å². The molecule has 0 aliphatic carbocycles. The largest absolute Gasteiger partial charge is 0.494 e. The fourth-order valence-corrected chi connectivity index (χ4v) is 3.85. The maximum atomic E-state index is 12.6. The highest BCUT2D eigenvalue weighted by atomic mass is 16.5. The maximum absolute atomic E-state index is 12.6. The predicted octanol–water partition coefficient (Wildman–Crippen LogP) is 2.21. The van der Waals surface area contributed by atoms with Crippen LogP contribution in [0.3, 0.4) is 0 Å². The Bertz CT molecular complexity index is 1260. The molecule has 3 aromatic rings. The molecule has 1 aliphatic heterocycles. The second kappa shape index (κ2) is 8.70. The van der Waals surface area contributed by atoms with E-state index in [-0.39, 0.29) is 6.54 Å². The molecule has 166 valence electrons. The van der Waals surface area contributed by atoms with Crippen LogP contribution in [-0.4, -0.2) is 33.4 Å². The van der Waals surface area contributed by atoms with Gasteiger partial charge < -0.3 is 15.0 Å². The number of carbonyl (C=O) groups excluding carboxylic acids is 1. The number of hydrogen-bond acceptors (Lipinski definition) is 6. The second-order valence-corrected chi connectivity index (χ2v) is 7.72. The van der Waals surface area contributed by atoms with Gasteiger partial charge in [0.15, 0.2) is 0 Å². The van der Waals surface area contributed by atoms with E-state index in [1.54, 1.807) is 0 Å². The summed E-state index contributed by atoms with van der Waals surface area (Å²) >= 11 is 0. The van der Waals surface area contributed by atoms with E-state index in [0.29, 0.717) is 31.3 Å². The van der Waals surface area contributed by atoms with Gasteiger partial charge >= 0.3 is 11.1 Å². The van der Waals surface area contributed by atoms with Gasteiger partial charge in [0.2, 0.25) is 11.9 Å². The second-order valence-electron chi connectivity index (χ2n) is 7.72. The minimum Gasteiger partial charge on any atom is -0.494 e. The Morgan fingerprint density at radius 1 is 1.03 bits per heavy atom. The zero-order chi connectivity index (χ0) is 22.8. The van der Waals surface area contributed by atoms with E-state index in [0.717, 1.165) is 27.2 Å². The van der Waals surface area contributed by atoms with Crippen molar-refractivity contribution in [3.05, 3.63) is 74.3 Å². The van der Waals surface area contributed by atoms with Gasteiger partial charge in [-0.3, -0.25) is 19.0 Å². The molecular weight excluding hydrogens is 410 g/mol. The smallest absolute Gasteiger partial charge is 0.333 e. The molecule has 4 rings (SSSR count). The van der Waals surface area contributed by atoms with Gasteiger partial charge in [0.05, 0.1) is 6.61 Å². The fraction of sp³-hybridized carbons (Fsp3) is 0.304. The van der Waals surface area contributed by atoms with E-state index in [9.17, 15) is 14.4 Å². The number of carbonyl (C=O) groups is 1. The number of nitrogens with zero attached hydrogens (tertiary/aromatic N) is 4. The first-order valence-corrected chi connectivity index (χ1v) is 10.5. The zero-order valence-corrected chi connectivity index (χ0v) is 18.3. The standard InChI is InChI=1S/C23H25N5O4/c1-4-32-19-7-5-18(6-8-19)26-9-10-27-21(30)22(31)28(25-23(26)27)14-20(29)24-17-12-15(2)11-16(3)13-17/h5-8,11-13H,4,9-10,14H2,1-3H3,(H,24,29). The number of nitrogens with one attached hydrogen (secondary N) is 1. The monoisotopic (exact) mass is 435 g/mol. The van der Waals surface area contributed by atoms with Gasteiger partial charge in [0.1, 0.15) is 12.3 Å². The Hall–Kier alpha value is -3.88. The van der Waals surface area contributed by atoms with Crippen LogP contribution in [0.1, 0.15) is 18.1 Å². The number of fused-ring (bicyclic) bond motifs is 1. The molecule has 0 bridgehead atoms. The molecule has 2 heterocycles. The normalized spacial score (nSPS) is 12.5. The Labute approximate surface area is 184 Å². The van der Waals surface area contributed by atoms with Gasteiger partial charge in [-0.2, -0.15) is 0 Å². The third-order valence-electron chi connectivity index (χ3n) is 5.16. The third kappa shape index (κ3) is 4.27. The van der Waals surface area contributed by atoms with Crippen LogP contribution in [0.2, 0.25) is 0 Å². The van der Waals surface area contributed by atoms with Crippen LogP contribution >= 0.6 is 0 Å². The summed E-state index contributed by atoms with van der Waals surface area (Å²) in [5, 5.41) is 7.12. The molecule has 1 aromatic heterocycles. The average Bonchev–Trinajstić information content (AvgIpc) is 3.15. The molecule has 0 saturated carbocycles. The van der Waals surface area contributed by atoms with Crippen molar-refractivity contribution >= 4 is 23.2 Å². The topological polar surface area (TPSA) is 98.5 Å². The van der Waals surface area contributed by atoms with Gasteiger partial charge in [-0.25, -0.2) is 4.68 Å². The highest BCUT2D eigenvalue weighted by Gasteiger charge is 2.26. The number of ether oxygens (including phenoxy) is 1. The highest BCUT2D eigenvalue weighted by molar-refractivity contribution is 5.90. The molecule has 1 amide bonds. The molecule has 0 spiro atoms. The van der Waals surface area contributed by atoms with E-state index >= 15 is 0 Å². The van der Waals surface area contributed by atoms with Crippen LogP contribution < -0.4 is 26.1 Å². The van der Waals surface area contributed by atoms with E-state index < -0.39 is 17.0 Å². The molecule has 0 radical (unpaired) electrons. The average molecular weight is 435 g/mol. The minimum absolute atomic E-state index is 0.331. The Morgan fingerprint density at radius 2 is 1.72 bits per heavy atom. The van der Waals surface area contributed by atoms with Crippen molar-refractivity contribution in [2.24, 2.45) is 0 Å². The van der Waals surface area contributed by atoms with Crippen molar-refractivity contribution in [2.45, 2.75) is 33.9 Å². The van der Waals surface area contributed by atoms with Crippen LogP contribution in [0.25, 0.3) is 0 Å². The Kier molecular flexibility index (Phi) is 5.81. The first kappa shape index (κ1) is 21.4. The molecule has 0 fully saturated rings. The van der Waals surface area contributed by atoms with Crippen molar-refractivity contribution < 1.29 is 9.53 Å². The van der Waals surface area contributed by atoms with E-state index in [4.69, 9.17) is 4.74 Å². The lowest BCUT2D eigenvalue weighted by Crippen LogP contribution is -2.44. The van der Waals surface area contributed by atoms with Crippen molar-refractivity contribution in [1.82, 2.24) is 14.3 Å². The SMILES string of the molecule is CCOc1ccc(N2CCn3c2nn(CC(=O)Nc2cc(C)cc(C)c2)c(=O)c3=O)cc1. The van der Waals surface area contributed by atoms with Crippen LogP contribution in [-0.2, 0) is 17.9 Å². The van der Waals surface area contributed by atoms with Crippen LogP contribution in [0, 0.1) is 13.8 Å². The number of benzene rings is 2. The molecule has 0 unspecified atom stereocenters. The van der Waals surface area contributed by atoms with E-state index in [1.165, 1.54) is 4.57 Å². The summed E-state index contributed by atoms with van der Waals surface area (Å²) < 4.78 is 7.75. The molecule has 9 nitrogen and oxygen atoms in total. The molecule has 0 saturated heterocycles. The summed E-state index contributed by atoms with van der Waals surface area (Å²) in [4.78, 5) is 39.6. The maximum Gasteiger partial charge on any atom is 0.333 e. The lowest BCUT2D eigenvalue weighted by atomic mass is 10.1. The minimum atomic E-state index is -0.821. The number of amides is 1. The molecule has 1 N–H and O–H groups in total. The molecule has 1 aliphatic rings. The quantitative estimate of drug-likeness (QED) is 0.596. The lowest BCUT2D eigenvalue weighted by molar-refractivity contribution is -0.117. The Balaban J connectivity index is 1.60. The summed E-state index contributed by atoms with van der Waals surface area (Å²) in [6.07, 6.45) is 0. The summed E-state index contributed by atoms with van der Waals surface area (Å²) in [7, 11) is 0. The molecule has 0 atom stereocenters. The molecular formula is C23H25N5O4.